The fourth-order valence-corrected chi connectivity index (χ4v) is 3.62. The Kier molecular flexibility index (Phi) is 5.32. The lowest BCUT2D eigenvalue weighted by Gasteiger charge is -2.12. The molecule has 29 heavy (non-hydrogen) atoms. The van der Waals surface area contributed by atoms with Gasteiger partial charge < -0.3 is 10.8 Å². The van der Waals surface area contributed by atoms with Crippen LogP contribution in [0.5, 0.6) is 5.75 Å². The van der Waals surface area contributed by atoms with E-state index in [9.17, 15) is 5.11 Å². The van der Waals surface area contributed by atoms with Gasteiger partial charge >= 0.3 is 0 Å². The van der Waals surface area contributed by atoms with Crippen molar-refractivity contribution in [1.29, 1.82) is 0 Å². The van der Waals surface area contributed by atoms with Crippen LogP contribution in [-0.2, 0) is 9.37 Å². The molecule has 0 bridgehead atoms. The van der Waals surface area contributed by atoms with Crippen LogP contribution in [0.3, 0.4) is 0 Å². The molecule has 146 valence electrons. The van der Waals surface area contributed by atoms with Gasteiger partial charge in [0.25, 0.3) is 0 Å². The van der Waals surface area contributed by atoms with E-state index in [1.54, 1.807) is 6.07 Å². The Hall–Kier alpha value is -3.17. The van der Waals surface area contributed by atoms with Gasteiger partial charge in [0.05, 0.1) is 22.6 Å². The molecule has 0 aliphatic rings. The third-order valence-electron chi connectivity index (χ3n) is 4.63. The van der Waals surface area contributed by atoms with E-state index in [0.717, 1.165) is 16.3 Å². The molecule has 8 heteroatoms. The number of fused-ring (bicyclic) bond motifs is 2. The SMILES string of the molecule is Cc1ccc2cc(SOOO)c(N=Nc3ccc4ccccc4c3)c(O)c2c1N. The molecule has 0 atom stereocenters. The van der Waals surface area contributed by atoms with Gasteiger partial charge in [-0.05, 0) is 46.8 Å². The molecule has 0 saturated heterocycles. The second-order valence-electron chi connectivity index (χ2n) is 6.42. The number of nitrogens with zero attached hydrogens (tertiary/aromatic N) is 2. The monoisotopic (exact) mass is 407 g/mol. The van der Waals surface area contributed by atoms with E-state index in [-0.39, 0.29) is 11.4 Å². The minimum atomic E-state index is -0.128. The third kappa shape index (κ3) is 3.74. The molecule has 0 radical (unpaired) electrons. The third-order valence-corrected chi connectivity index (χ3v) is 5.25. The molecule has 0 amide bonds. The van der Waals surface area contributed by atoms with E-state index >= 15 is 0 Å². The van der Waals surface area contributed by atoms with Gasteiger partial charge in [-0.3, -0.25) is 0 Å². The van der Waals surface area contributed by atoms with Crippen molar-refractivity contribution in [2.24, 2.45) is 10.2 Å². The molecular weight excluding hydrogens is 390 g/mol. The minimum absolute atomic E-state index is 0.128. The van der Waals surface area contributed by atoms with Gasteiger partial charge in [0, 0.05) is 11.1 Å². The van der Waals surface area contributed by atoms with Gasteiger partial charge in [-0.25, -0.2) is 5.26 Å². The maximum Gasteiger partial charge on any atom is 0.154 e. The molecule has 4 aromatic rings. The Bertz CT molecular complexity index is 1240. The predicted molar refractivity (Wildman–Crippen MR) is 114 cm³/mol. The van der Waals surface area contributed by atoms with Crippen molar-refractivity contribution in [3.8, 4) is 5.75 Å². The van der Waals surface area contributed by atoms with E-state index in [4.69, 9.17) is 11.0 Å². The lowest BCUT2D eigenvalue weighted by molar-refractivity contribution is -0.432. The minimum Gasteiger partial charge on any atom is -0.505 e. The molecule has 0 heterocycles. The summed E-state index contributed by atoms with van der Waals surface area (Å²) in [4.78, 5) is 0.400. The van der Waals surface area contributed by atoms with Crippen molar-refractivity contribution in [1.82, 2.24) is 0 Å². The quantitative estimate of drug-likeness (QED) is 0.116. The number of azo groups is 1. The largest absolute Gasteiger partial charge is 0.505 e. The maximum absolute atomic E-state index is 10.9. The summed E-state index contributed by atoms with van der Waals surface area (Å²) in [5.41, 5.74) is 8.24. The maximum atomic E-state index is 10.9. The first-order chi connectivity index (χ1) is 14.1. The lowest BCUT2D eigenvalue weighted by Crippen LogP contribution is -1.92. The Labute approximate surface area is 170 Å². The summed E-state index contributed by atoms with van der Waals surface area (Å²) in [6, 6.07) is 19.0. The Balaban J connectivity index is 1.84. The normalized spacial score (nSPS) is 11.7. The summed E-state index contributed by atoms with van der Waals surface area (Å²) >= 11 is 0.697. The van der Waals surface area contributed by atoms with Crippen molar-refractivity contribution in [3.63, 3.8) is 0 Å². The number of phenols is 1. The fourth-order valence-electron chi connectivity index (χ4n) is 3.13. The van der Waals surface area contributed by atoms with E-state index in [1.807, 2.05) is 61.5 Å². The summed E-state index contributed by atoms with van der Waals surface area (Å²) in [6.07, 6.45) is 0. The van der Waals surface area contributed by atoms with Crippen LogP contribution in [0.25, 0.3) is 21.5 Å². The van der Waals surface area contributed by atoms with E-state index in [2.05, 4.69) is 19.6 Å². The molecule has 0 saturated carbocycles. The van der Waals surface area contributed by atoms with Gasteiger partial charge in [-0.1, -0.05) is 47.5 Å². The standard InChI is InChI=1S/C21H17N3O4S/c1-12-6-7-15-11-17(29-28-27-26)20(21(25)18(15)19(12)22)24-23-16-9-8-13-4-2-3-5-14(13)10-16/h2-11,25-26H,22H2,1H3. The Morgan fingerprint density at radius 2 is 1.69 bits per heavy atom. The first-order valence-electron chi connectivity index (χ1n) is 8.68. The molecule has 0 aromatic heterocycles. The number of aromatic hydroxyl groups is 1. The molecule has 0 unspecified atom stereocenters. The number of phenolic OH excluding ortho intramolecular Hbond substituents is 1. The highest BCUT2D eigenvalue weighted by atomic mass is 32.2. The average Bonchev–Trinajstić information content (AvgIpc) is 2.74. The molecule has 0 aliphatic carbocycles. The molecule has 7 nitrogen and oxygen atoms in total. The highest BCUT2D eigenvalue weighted by molar-refractivity contribution is 7.94. The van der Waals surface area contributed by atoms with Crippen LogP contribution in [0.1, 0.15) is 5.56 Å². The summed E-state index contributed by atoms with van der Waals surface area (Å²) in [6.45, 7) is 1.86. The predicted octanol–water partition coefficient (Wildman–Crippen LogP) is 6.43. The first-order valence-corrected chi connectivity index (χ1v) is 9.42. The Morgan fingerprint density at radius 3 is 2.48 bits per heavy atom. The van der Waals surface area contributed by atoms with Crippen molar-refractivity contribution < 1.29 is 19.7 Å². The molecule has 4 aromatic carbocycles. The smallest absolute Gasteiger partial charge is 0.154 e. The number of benzene rings is 4. The number of hydrogen-bond acceptors (Lipinski definition) is 8. The van der Waals surface area contributed by atoms with E-state index in [1.165, 1.54) is 0 Å². The van der Waals surface area contributed by atoms with Crippen LogP contribution in [-0.4, -0.2) is 10.4 Å². The number of anilines is 1. The highest BCUT2D eigenvalue weighted by Crippen LogP contribution is 2.46. The van der Waals surface area contributed by atoms with Crippen molar-refractivity contribution in [2.45, 2.75) is 11.8 Å². The van der Waals surface area contributed by atoms with Crippen LogP contribution < -0.4 is 5.73 Å². The van der Waals surface area contributed by atoms with Gasteiger partial charge in [-0.2, -0.15) is 5.11 Å². The molecule has 4 N–H and O–H groups in total. The van der Waals surface area contributed by atoms with Gasteiger partial charge in [0.2, 0.25) is 0 Å². The Morgan fingerprint density at radius 1 is 0.931 bits per heavy atom. The zero-order valence-corrected chi connectivity index (χ0v) is 16.2. The van der Waals surface area contributed by atoms with Crippen molar-refractivity contribution in [2.75, 3.05) is 5.73 Å². The van der Waals surface area contributed by atoms with Crippen LogP contribution in [0, 0.1) is 6.92 Å². The zero-order chi connectivity index (χ0) is 20.4. The van der Waals surface area contributed by atoms with E-state index in [0.29, 0.717) is 39.1 Å². The number of rotatable bonds is 5. The molecule has 4 rings (SSSR count). The number of nitrogens with two attached hydrogens (primary N) is 1. The summed E-state index contributed by atoms with van der Waals surface area (Å²) in [7, 11) is 0. The van der Waals surface area contributed by atoms with Crippen molar-refractivity contribution in [3.05, 3.63) is 66.2 Å². The molecule has 0 fully saturated rings. The van der Waals surface area contributed by atoms with Crippen LogP contribution >= 0.6 is 12.0 Å². The molecular formula is C21H17N3O4S. The number of aryl methyl sites for hydroxylation is 1. The summed E-state index contributed by atoms with van der Waals surface area (Å²) < 4.78 is 4.56. The average molecular weight is 407 g/mol. The van der Waals surface area contributed by atoms with Crippen LogP contribution in [0.15, 0.2) is 75.8 Å². The molecule has 0 spiro atoms. The second-order valence-corrected chi connectivity index (χ2v) is 7.17. The zero-order valence-electron chi connectivity index (χ0n) is 15.4. The van der Waals surface area contributed by atoms with Gasteiger partial charge in [-0.15, -0.1) is 9.45 Å². The van der Waals surface area contributed by atoms with Crippen molar-refractivity contribution >= 4 is 50.6 Å². The number of nitrogen functional groups attached to an aromatic ring is 1. The van der Waals surface area contributed by atoms with Crippen LogP contribution in [0.4, 0.5) is 17.1 Å². The second kappa shape index (κ2) is 8.06. The molecule has 0 aliphatic heterocycles. The van der Waals surface area contributed by atoms with E-state index < -0.39 is 0 Å². The summed E-state index contributed by atoms with van der Waals surface area (Å²) in [5.74, 6) is -0.128. The van der Waals surface area contributed by atoms with Crippen LogP contribution in [0.2, 0.25) is 0 Å². The first kappa shape index (κ1) is 19.2. The topological polar surface area (TPSA) is 110 Å². The lowest BCUT2D eigenvalue weighted by atomic mass is 10.0. The fraction of sp³-hybridized carbons (Fsp3) is 0.0476. The van der Waals surface area contributed by atoms with Gasteiger partial charge in [0.15, 0.2) is 5.75 Å². The summed E-state index contributed by atoms with van der Waals surface area (Å²) in [5, 5.41) is 34.9. The number of hydrogen-bond donors (Lipinski definition) is 3. The van der Waals surface area contributed by atoms with Gasteiger partial charge in [0.1, 0.15) is 5.69 Å². The highest BCUT2D eigenvalue weighted by Gasteiger charge is 2.17.